The Kier molecular flexibility index (Phi) is 1.95. The summed E-state index contributed by atoms with van der Waals surface area (Å²) in [6, 6.07) is 0.980. The zero-order valence-electron chi connectivity index (χ0n) is 7.07. The molecular weight excluding hydrogens is 258 g/mol. The molecule has 0 bridgehead atoms. The SMILES string of the molecule is Cn1c(=O)[nH]c2c(F)cc(Br)c(F)c21. The smallest absolute Gasteiger partial charge is 0.303 e. The molecule has 0 atom stereocenters. The Morgan fingerprint density at radius 3 is 2.79 bits per heavy atom. The Balaban J connectivity index is 3.11. The second-order valence-corrected chi connectivity index (χ2v) is 3.72. The Hall–Kier alpha value is -1.17. The van der Waals surface area contributed by atoms with Crippen molar-refractivity contribution in [2.45, 2.75) is 0 Å². The van der Waals surface area contributed by atoms with Gasteiger partial charge in [0.2, 0.25) is 0 Å². The first-order valence-electron chi connectivity index (χ1n) is 3.74. The number of rotatable bonds is 0. The predicted octanol–water partition coefficient (Wildman–Crippen LogP) is 1.91. The maximum absolute atomic E-state index is 13.5. The Labute approximate surface area is 85.5 Å². The van der Waals surface area contributed by atoms with Gasteiger partial charge in [0.15, 0.2) is 5.82 Å². The molecule has 6 heteroatoms. The molecule has 1 heterocycles. The maximum Gasteiger partial charge on any atom is 0.326 e. The summed E-state index contributed by atoms with van der Waals surface area (Å²) in [5.41, 5.74) is -0.726. The quantitative estimate of drug-likeness (QED) is 0.724. The van der Waals surface area contributed by atoms with Crippen LogP contribution in [-0.4, -0.2) is 9.55 Å². The summed E-state index contributed by atoms with van der Waals surface area (Å²) in [6.07, 6.45) is 0. The molecular formula is C8H5BrF2N2O. The highest BCUT2D eigenvalue weighted by Gasteiger charge is 2.15. The fourth-order valence-electron chi connectivity index (χ4n) is 1.31. The number of aryl methyl sites for hydroxylation is 1. The number of hydrogen-bond acceptors (Lipinski definition) is 1. The van der Waals surface area contributed by atoms with Gasteiger partial charge in [-0.15, -0.1) is 0 Å². The lowest BCUT2D eigenvalue weighted by Crippen LogP contribution is -2.12. The number of aromatic amines is 1. The number of aromatic nitrogens is 2. The van der Waals surface area contributed by atoms with Crippen LogP contribution in [0.4, 0.5) is 8.78 Å². The van der Waals surface area contributed by atoms with Crippen LogP contribution in [0.3, 0.4) is 0 Å². The van der Waals surface area contributed by atoms with Crippen LogP contribution in [0.1, 0.15) is 0 Å². The summed E-state index contributed by atoms with van der Waals surface area (Å²) in [7, 11) is 1.37. The third kappa shape index (κ3) is 1.10. The minimum atomic E-state index is -0.661. The standard InChI is InChI=1S/C8H5BrF2N2O/c1-13-7-5(11)3(9)2-4(10)6(7)12-8(13)14/h2H,1H3,(H,12,14). The normalized spacial score (nSPS) is 11.1. The van der Waals surface area contributed by atoms with E-state index in [2.05, 4.69) is 20.9 Å². The predicted molar refractivity (Wildman–Crippen MR) is 51.2 cm³/mol. The molecule has 74 valence electrons. The molecule has 1 aromatic carbocycles. The first-order chi connectivity index (χ1) is 6.52. The van der Waals surface area contributed by atoms with Gasteiger partial charge in [-0.3, -0.25) is 4.57 Å². The van der Waals surface area contributed by atoms with Gasteiger partial charge in [0.05, 0.1) is 4.47 Å². The first-order valence-corrected chi connectivity index (χ1v) is 4.54. The molecule has 3 nitrogen and oxygen atoms in total. The molecule has 2 aromatic rings. The van der Waals surface area contributed by atoms with Crippen LogP contribution in [-0.2, 0) is 7.05 Å². The van der Waals surface area contributed by atoms with Crippen molar-refractivity contribution in [3.63, 3.8) is 0 Å². The minimum absolute atomic E-state index is 0.00269. The minimum Gasteiger partial charge on any atom is -0.303 e. The largest absolute Gasteiger partial charge is 0.326 e. The summed E-state index contributed by atoms with van der Waals surface area (Å²) in [6.45, 7) is 0. The summed E-state index contributed by atoms with van der Waals surface area (Å²) in [4.78, 5) is 13.3. The lowest BCUT2D eigenvalue weighted by atomic mass is 10.3. The van der Waals surface area contributed by atoms with Gasteiger partial charge < -0.3 is 4.98 Å². The number of halogens is 3. The molecule has 0 radical (unpaired) electrons. The van der Waals surface area contributed by atoms with Gasteiger partial charge in [-0.25, -0.2) is 13.6 Å². The van der Waals surface area contributed by atoms with E-state index in [1.165, 1.54) is 7.05 Å². The van der Waals surface area contributed by atoms with Crippen molar-refractivity contribution in [3.05, 3.63) is 32.7 Å². The van der Waals surface area contributed by atoms with E-state index in [9.17, 15) is 13.6 Å². The Bertz CT molecular complexity index is 573. The molecule has 0 saturated carbocycles. The first kappa shape index (κ1) is 9.39. The lowest BCUT2D eigenvalue weighted by molar-refractivity contribution is 0.606. The average Bonchev–Trinajstić information content (AvgIpc) is 2.41. The molecule has 0 aliphatic rings. The van der Waals surface area contributed by atoms with Crippen molar-refractivity contribution < 1.29 is 8.78 Å². The molecule has 0 spiro atoms. The number of H-pyrrole nitrogens is 1. The topological polar surface area (TPSA) is 37.8 Å². The third-order valence-electron chi connectivity index (χ3n) is 2.02. The molecule has 14 heavy (non-hydrogen) atoms. The molecule has 2 rings (SSSR count). The van der Waals surface area contributed by atoms with Crippen molar-refractivity contribution in [1.82, 2.24) is 9.55 Å². The summed E-state index contributed by atoms with van der Waals surface area (Å²) in [5.74, 6) is -1.31. The second kappa shape index (κ2) is 2.91. The molecule has 1 N–H and O–H groups in total. The zero-order valence-corrected chi connectivity index (χ0v) is 8.65. The van der Waals surface area contributed by atoms with Crippen LogP contribution < -0.4 is 5.69 Å². The summed E-state index contributed by atoms with van der Waals surface area (Å²) in [5, 5.41) is 0. The number of hydrogen-bond donors (Lipinski definition) is 1. The van der Waals surface area contributed by atoms with E-state index in [1.54, 1.807) is 0 Å². The van der Waals surface area contributed by atoms with Crippen molar-refractivity contribution in [2.75, 3.05) is 0 Å². The van der Waals surface area contributed by atoms with Gasteiger partial charge in [-0.2, -0.15) is 0 Å². The van der Waals surface area contributed by atoms with Gasteiger partial charge >= 0.3 is 5.69 Å². The Morgan fingerprint density at radius 2 is 2.14 bits per heavy atom. The third-order valence-corrected chi connectivity index (χ3v) is 2.60. The molecule has 0 unspecified atom stereocenters. The lowest BCUT2D eigenvalue weighted by Gasteiger charge is -1.99. The van der Waals surface area contributed by atoms with E-state index >= 15 is 0 Å². The number of nitrogens with one attached hydrogen (secondary N) is 1. The number of nitrogens with zero attached hydrogens (tertiary/aromatic N) is 1. The van der Waals surface area contributed by atoms with E-state index in [4.69, 9.17) is 0 Å². The highest BCUT2D eigenvalue weighted by Crippen LogP contribution is 2.25. The second-order valence-electron chi connectivity index (χ2n) is 2.87. The fraction of sp³-hybridized carbons (Fsp3) is 0.125. The van der Waals surface area contributed by atoms with Crippen molar-refractivity contribution in [1.29, 1.82) is 0 Å². The number of benzene rings is 1. The Morgan fingerprint density at radius 1 is 1.50 bits per heavy atom. The van der Waals surface area contributed by atoms with Gasteiger partial charge in [0.25, 0.3) is 0 Å². The van der Waals surface area contributed by atoms with Crippen LogP contribution in [0.25, 0.3) is 11.0 Å². The highest BCUT2D eigenvalue weighted by atomic mass is 79.9. The molecule has 1 aromatic heterocycles. The maximum atomic E-state index is 13.5. The van der Waals surface area contributed by atoms with Crippen LogP contribution in [0, 0.1) is 11.6 Å². The van der Waals surface area contributed by atoms with Crippen LogP contribution in [0.5, 0.6) is 0 Å². The van der Waals surface area contributed by atoms with Gasteiger partial charge in [-0.1, -0.05) is 0 Å². The molecule has 0 aliphatic carbocycles. The van der Waals surface area contributed by atoms with Crippen molar-refractivity contribution in [3.8, 4) is 0 Å². The molecule has 0 amide bonds. The molecule has 0 aliphatic heterocycles. The van der Waals surface area contributed by atoms with Crippen molar-refractivity contribution >= 4 is 27.0 Å². The monoisotopic (exact) mass is 262 g/mol. The van der Waals surface area contributed by atoms with Crippen LogP contribution in [0.2, 0.25) is 0 Å². The fourth-order valence-corrected chi connectivity index (χ4v) is 1.70. The number of imidazole rings is 1. The average molecular weight is 263 g/mol. The van der Waals surface area contributed by atoms with Crippen LogP contribution >= 0.6 is 15.9 Å². The van der Waals surface area contributed by atoms with E-state index in [1.807, 2.05) is 0 Å². The van der Waals surface area contributed by atoms with E-state index in [0.717, 1.165) is 10.6 Å². The number of fused-ring (bicyclic) bond motifs is 1. The summed E-state index contributed by atoms with van der Waals surface area (Å²) < 4.78 is 27.7. The summed E-state index contributed by atoms with van der Waals surface area (Å²) >= 11 is 2.87. The van der Waals surface area contributed by atoms with Gasteiger partial charge in [0, 0.05) is 7.05 Å². The van der Waals surface area contributed by atoms with Crippen LogP contribution in [0.15, 0.2) is 15.3 Å². The van der Waals surface area contributed by atoms with Crippen molar-refractivity contribution in [2.24, 2.45) is 7.05 Å². The van der Waals surface area contributed by atoms with E-state index in [0.29, 0.717) is 0 Å². The highest BCUT2D eigenvalue weighted by molar-refractivity contribution is 9.10. The van der Waals surface area contributed by atoms with Gasteiger partial charge in [0.1, 0.15) is 16.9 Å². The van der Waals surface area contributed by atoms with E-state index < -0.39 is 17.3 Å². The zero-order chi connectivity index (χ0) is 10.5. The van der Waals surface area contributed by atoms with E-state index in [-0.39, 0.29) is 15.5 Å². The van der Waals surface area contributed by atoms with Gasteiger partial charge in [-0.05, 0) is 22.0 Å². The molecule has 0 fully saturated rings. The molecule has 0 saturated heterocycles.